The molecule has 1 aromatic carbocycles. The number of piperazine rings is 1. The summed E-state index contributed by atoms with van der Waals surface area (Å²) in [6.07, 6.45) is -4.40. The number of aromatic hydroxyl groups is 1. The summed E-state index contributed by atoms with van der Waals surface area (Å²) in [7, 11) is 1.30. The average molecular weight is 327 g/mol. The number of halogens is 4. The van der Waals surface area contributed by atoms with Crippen LogP contribution in [0.1, 0.15) is 11.6 Å². The molecule has 0 amide bonds. The number of hydrogen-bond acceptors (Lipinski definition) is 4. The Hall–Kier alpha value is -1.18. The number of alkyl halides is 3. The average Bonchev–Trinajstić information content (AvgIpc) is 2.40. The Balaban J connectivity index is 0.00000220. The van der Waals surface area contributed by atoms with Gasteiger partial charge in [0.2, 0.25) is 0 Å². The molecule has 120 valence electrons. The van der Waals surface area contributed by atoms with Crippen molar-refractivity contribution >= 4 is 12.4 Å². The molecule has 1 aliphatic rings. The van der Waals surface area contributed by atoms with Crippen molar-refractivity contribution in [1.29, 1.82) is 0 Å². The highest BCUT2D eigenvalue weighted by atomic mass is 35.5. The zero-order chi connectivity index (χ0) is 14.8. The molecule has 1 saturated heterocycles. The minimum absolute atomic E-state index is 0. The van der Waals surface area contributed by atoms with Gasteiger partial charge in [-0.3, -0.25) is 4.90 Å². The van der Waals surface area contributed by atoms with Gasteiger partial charge in [0.1, 0.15) is 17.5 Å². The minimum Gasteiger partial charge on any atom is -0.508 e. The summed E-state index contributed by atoms with van der Waals surface area (Å²) >= 11 is 0. The van der Waals surface area contributed by atoms with E-state index < -0.39 is 12.2 Å². The van der Waals surface area contributed by atoms with Crippen molar-refractivity contribution in [3.8, 4) is 11.5 Å². The van der Waals surface area contributed by atoms with E-state index in [1.807, 2.05) is 0 Å². The van der Waals surface area contributed by atoms with Gasteiger partial charge in [-0.25, -0.2) is 0 Å². The van der Waals surface area contributed by atoms with Crippen molar-refractivity contribution in [2.75, 3.05) is 33.3 Å². The summed E-state index contributed by atoms with van der Waals surface area (Å²) in [5.41, 5.74) is 0.0275. The smallest absolute Gasteiger partial charge is 0.408 e. The van der Waals surface area contributed by atoms with Crippen molar-refractivity contribution < 1.29 is 23.0 Å². The Morgan fingerprint density at radius 1 is 1.29 bits per heavy atom. The van der Waals surface area contributed by atoms with E-state index in [1.165, 1.54) is 30.2 Å². The van der Waals surface area contributed by atoms with E-state index in [0.717, 1.165) is 0 Å². The van der Waals surface area contributed by atoms with E-state index in [2.05, 4.69) is 5.32 Å². The number of hydrogen-bond donors (Lipinski definition) is 2. The molecule has 21 heavy (non-hydrogen) atoms. The van der Waals surface area contributed by atoms with Gasteiger partial charge < -0.3 is 15.2 Å². The van der Waals surface area contributed by atoms with E-state index in [9.17, 15) is 18.3 Å². The molecule has 0 unspecified atom stereocenters. The van der Waals surface area contributed by atoms with E-state index in [-0.39, 0.29) is 29.5 Å². The highest BCUT2D eigenvalue weighted by molar-refractivity contribution is 5.85. The molecule has 2 rings (SSSR count). The number of nitrogens with one attached hydrogen (secondary N) is 1. The molecule has 1 atom stereocenters. The van der Waals surface area contributed by atoms with Crippen molar-refractivity contribution in [1.82, 2.24) is 10.2 Å². The van der Waals surface area contributed by atoms with Crippen LogP contribution in [0.5, 0.6) is 11.5 Å². The second-order valence-electron chi connectivity index (χ2n) is 4.66. The van der Waals surface area contributed by atoms with Gasteiger partial charge in [-0.15, -0.1) is 12.4 Å². The Bertz CT molecular complexity index is 465. The molecule has 0 radical (unpaired) electrons. The van der Waals surface area contributed by atoms with Crippen molar-refractivity contribution in [2.45, 2.75) is 12.2 Å². The highest BCUT2D eigenvalue weighted by Gasteiger charge is 2.46. The first kappa shape index (κ1) is 17.9. The fourth-order valence-electron chi connectivity index (χ4n) is 2.45. The lowest BCUT2D eigenvalue weighted by molar-refractivity contribution is -0.188. The summed E-state index contributed by atoms with van der Waals surface area (Å²) < 4.78 is 45.3. The van der Waals surface area contributed by atoms with Crippen LogP contribution < -0.4 is 10.1 Å². The third kappa shape index (κ3) is 4.15. The molecule has 0 aliphatic carbocycles. The van der Waals surface area contributed by atoms with Crippen LogP contribution in [0.25, 0.3) is 0 Å². The first-order valence-electron chi connectivity index (χ1n) is 6.32. The van der Waals surface area contributed by atoms with Crippen LogP contribution in [-0.2, 0) is 0 Å². The summed E-state index contributed by atoms with van der Waals surface area (Å²) in [5.74, 6) is -0.0716. The maximum absolute atomic E-state index is 13.4. The van der Waals surface area contributed by atoms with Crippen LogP contribution in [0.15, 0.2) is 18.2 Å². The maximum atomic E-state index is 13.4. The fraction of sp³-hybridized carbons (Fsp3) is 0.538. The lowest BCUT2D eigenvalue weighted by Crippen LogP contribution is -2.49. The second kappa shape index (κ2) is 7.20. The molecule has 1 aromatic rings. The maximum Gasteiger partial charge on any atom is 0.408 e. The first-order chi connectivity index (χ1) is 9.43. The number of nitrogens with zero attached hydrogens (tertiary/aromatic N) is 1. The van der Waals surface area contributed by atoms with Crippen molar-refractivity contribution in [3.05, 3.63) is 23.8 Å². The van der Waals surface area contributed by atoms with Gasteiger partial charge in [0, 0.05) is 37.8 Å². The number of phenolic OH excluding ortho intramolecular Hbond substituents is 1. The molecule has 0 saturated carbocycles. The zero-order valence-corrected chi connectivity index (χ0v) is 12.3. The zero-order valence-electron chi connectivity index (χ0n) is 11.5. The minimum atomic E-state index is -4.40. The SMILES string of the molecule is COc1cc(O)ccc1[C@@H](N1CCNCC1)C(F)(F)F.Cl. The second-order valence-corrected chi connectivity index (χ2v) is 4.66. The Morgan fingerprint density at radius 2 is 1.90 bits per heavy atom. The van der Waals surface area contributed by atoms with E-state index in [0.29, 0.717) is 26.2 Å². The number of rotatable bonds is 3. The van der Waals surface area contributed by atoms with Crippen LogP contribution in [0.4, 0.5) is 13.2 Å². The van der Waals surface area contributed by atoms with Crippen LogP contribution >= 0.6 is 12.4 Å². The molecule has 0 aromatic heterocycles. The predicted octanol–water partition coefficient (Wildman–Crippen LogP) is 2.33. The van der Waals surface area contributed by atoms with Gasteiger partial charge in [-0.05, 0) is 12.1 Å². The van der Waals surface area contributed by atoms with E-state index in [4.69, 9.17) is 4.74 Å². The summed E-state index contributed by atoms with van der Waals surface area (Å²) in [5, 5.41) is 12.4. The van der Waals surface area contributed by atoms with Crippen LogP contribution in [0.2, 0.25) is 0 Å². The molecule has 4 nitrogen and oxygen atoms in total. The molecule has 0 bridgehead atoms. The van der Waals surface area contributed by atoms with Crippen molar-refractivity contribution in [2.24, 2.45) is 0 Å². The molecule has 1 heterocycles. The Kier molecular flexibility index (Phi) is 6.12. The van der Waals surface area contributed by atoms with Gasteiger partial charge in [0.25, 0.3) is 0 Å². The summed E-state index contributed by atoms with van der Waals surface area (Å²) in [6, 6.07) is 2.00. The van der Waals surface area contributed by atoms with Crippen molar-refractivity contribution in [3.63, 3.8) is 0 Å². The normalized spacial score (nSPS) is 17.9. The van der Waals surface area contributed by atoms with Crippen LogP contribution in [0, 0.1) is 0 Å². The van der Waals surface area contributed by atoms with E-state index in [1.54, 1.807) is 0 Å². The fourth-order valence-corrected chi connectivity index (χ4v) is 2.45. The third-order valence-electron chi connectivity index (χ3n) is 3.34. The lowest BCUT2D eigenvalue weighted by Gasteiger charge is -2.36. The van der Waals surface area contributed by atoms with Crippen LogP contribution in [-0.4, -0.2) is 49.5 Å². The molecule has 1 aliphatic heterocycles. The van der Waals surface area contributed by atoms with Gasteiger partial charge in [0.05, 0.1) is 7.11 Å². The van der Waals surface area contributed by atoms with Gasteiger partial charge in [-0.2, -0.15) is 13.2 Å². The van der Waals surface area contributed by atoms with E-state index >= 15 is 0 Å². The Labute approximate surface area is 127 Å². The monoisotopic (exact) mass is 326 g/mol. The number of benzene rings is 1. The quantitative estimate of drug-likeness (QED) is 0.895. The number of methoxy groups -OCH3 is 1. The largest absolute Gasteiger partial charge is 0.508 e. The highest BCUT2D eigenvalue weighted by Crippen LogP contribution is 2.42. The number of ether oxygens (including phenoxy) is 1. The molecule has 1 fully saturated rings. The van der Waals surface area contributed by atoms with Gasteiger partial charge in [0.15, 0.2) is 0 Å². The standard InChI is InChI=1S/C13H17F3N2O2.ClH/c1-20-11-8-9(19)2-3-10(11)12(13(14,15)16)18-6-4-17-5-7-18;/h2-3,8,12,17,19H,4-7H2,1H3;1H/t12-;/m1./s1. The lowest BCUT2D eigenvalue weighted by atomic mass is 10.0. The van der Waals surface area contributed by atoms with Gasteiger partial charge >= 0.3 is 6.18 Å². The third-order valence-corrected chi connectivity index (χ3v) is 3.34. The Morgan fingerprint density at radius 3 is 2.43 bits per heavy atom. The van der Waals surface area contributed by atoms with Crippen LogP contribution in [0.3, 0.4) is 0 Å². The summed E-state index contributed by atoms with van der Waals surface area (Å²) in [6.45, 7) is 1.67. The predicted molar refractivity (Wildman–Crippen MR) is 75.1 cm³/mol. The first-order valence-corrected chi connectivity index (χ1v) is 6.32. The molecule has 0 spiro atoms. The molecular formula is C13H18ClF3N2O2. The van der Waals surface area contributed by atoms with Gasteiger partial charge in [-0.1, -0.05) is 0 Å². The molecule has 8 heteroatoms. The number of phenols is 1. The molecule has 2 N–H and O–H groups in total. The summed E-state index contributed by atoms with van der Waals surface area (Å²) in [4.78, 5) is 1.38. The topological polar surface area (TPSA) is 44.7 Å². The molecular weight excluding hydrogens is 309 g/mol.